The van der Waals surface area contributed by atoms with Gasteiger partial charge in [-0.25, -0.2) is 0 Å². The topological polar surface area (TPSA) is 70.7 Å². The highest BCUT2D eigenvalue weighted by Crippen LogP contribution is 2.37. The van der Waals surface area contributed by atoms with E-state index in [0.29, 0.717) is 36.8 Å². The van der Waals surface area contributed by atoms with Crippen molar-refractivity contribution in [2.24, 2.45) is 5.92 Å². The number of alkyl halides is 6. The van der Waals surface area contributed by atoms with Crippen molar-refractivity contribution in [3.05, 3.63) is 94.5 Å². The highest BCUT2D eigenvalue weighted by Gasteiger charge is 2.37. The zero-order valence-electron chi connectivity index (χ0n) is 23.3. The Balaban J connectivity index is 1.56. The summed E-state index contributed by atoms with van der Waals surface area (Å²) < 4.78 is 84.7. The second kappa shape index (κ2) is 13.5. The van der Waals surface area contributed by atoms with Crippen LogP contribution in [0.2, 0.25) is 0 Å². The summed E-state index contributed by atoms with van der Waals surface area (Å²) in [5.41, 5.74) is -1.93. The number of methoxy groups -OCH3 is 1. The summed E-state index contributed by atoms with van der Waals surface area (Å²) in [4.78, 5) is 28.1. The lowest BCUT2D eigenvalue weighted by Crippen LogP contribution is -2.36. The molecule has 230 valence electrons. The molecule has 4 rings (SSSR count). The number of hydrogen-bond acceptors (Lipinski definition) is 4. The van der Waals surface area contributed by atoms with Gasteiger partial charge in [0.25, 0.3) is 11.8 Å². The second-order valence-electron chi connectivity index (χ2n) is 10.3. The van der Waals surface area contributed by atoms with Crippen LogP contribution in [-0.2, 0) is 23.5 Å². The van der Waals surface area contributed by atoms with Gasteiger partial charge in [-0.15, -0.1) is 0 Å². The van der Waals surface area contributed by atoms with Crippen LogP contribution in [0.5, 0.6) is 0 Å². The predicted molar refractivity (Wildman–Crippen MR) is 150 cm³/mol. The number of piperidine rings is 1. The van der Waals surface area contributed by atoms with Crippen LogP contribution in [0.4, 0.5) is 37.7 Å². The fourth-order valence-corrected chi connectivity index (χ4v) is 5.05. The van der Waals surface area contributed by atoms with E-state index in [1.54, 1.807) is 6.07 Å². The fourth-order valence-electron chi connectivity index (χ4n) is 5.05. The third kappa shape index (κ3) is 8.50. The fraction of sp³-hybridized carbons (Fsp3) is 0.355. The Morgan fingerprint density at radius 1 is 0.860 bits per heavy atom. The van der Waals surface area contributed by atoms with Crippen LogP contribution >= 0.6 is 0 Å². The lowest BCUT2D eigenvalue weighted by Gasteiger charge is -2.35. The first-order valence-electron chi connectivity index (χ1n) is 13.7. The van der Waals surface area contributed by atoms with Gasteiger partial charge in [0.1, 0.15) is 0 Å². The second-order valence-corrected chi connectivity index (χ2v) is 10.3. The molecule has 0 bridgehead atoms. The van der Waals surface area contributed by atoms with Crippen molar-refractivity contribution >= 4 is 23.2 Å². The Bertz CT molecular complexity index is 1390. The zero-order chi connectivity index (χ0) is 31.2. The van der Waals surface area contributed by atoms with Crippen LogP contribution in [0.3, 0.4) is 0 Å². The zero-order valence-corrected chi connectivity index (χ0v) is 23.3. The van der Waals surface area contributed by atoms with E-state index < -0.39 is 40.9 Å². The molecule has 1 saturated heterocycles. The van der Waals surface area contributed by atoms with Crippen molar-refractivity contribution in [2.75, 3.05) is 43.6 Å². The van der Waals surface area contributed by atoms with Crippen LogP contribution in [0.25, 0.3) is 0 Å². The lowest BCUT2D eigenvalue weighted by atomic mass is 9.89. The highest BCUT2D eigenvalue weighted by molar-refractivity contribution is 6.06. The summed E-state index contributed by atoms with van der Waals surface area (Å²) >= 11 is 0. The molecule has 12 heteroatoms. The number of carbonyl (C=O) groups is 2. The molecular formula is C31H31F6N3O3. The van der Waals surface area contributed by atoms with Gasteiger partial charge in [0.2, 0.25) is 0 Å². The molecule has 0 atom stereocenters. The van der Waals surface area contributed by atoms with Gasteiger partial charge in [0, 0.05) is 43.7 Å². The Hall–Kier alpha value is -4.06. The van der Waals surface area contributed by atoms with Crippen molar-refractivity contribution in [3.63, 3.8) is 0 Å². The number of ether oxygens (including phenoxy) is 1. The van der Waals surface area contributed by atoms with Crippen LogP contribution in [0.1, 0.15) is 50.2 Å². The smallest absolute Gasteiger partial charge is 0.383 e. The SMILES string of the molecule is COCCNC(=O)c1cc(NC(=O)c2cc(C(F)(F)F)cc(C(F)(F)F)c2)ccc1N1CCC(Cc2ccccc2)CC1. The standard InChI is InChI=1S/C31H31F6N3O3/c1-43-14-11-38-29(42)26-19-25(39-28(41)22-16-23(30(32,33)34)18-24(17-22)31(35,36)37)7-8-27(26)40-12-9-21(10-13-40)15-20-5-3-2-4-6-20/h2-8,16-19,21H,9-15H2,1H3,(H,38,42)(H,39,41). The molecule has 1 fully saturated rings. The van der Waals surface area contributed by atoms with E-state index in [4.69, 9.17) is 4.74 Å². The van der Waals surface area contributed by atoms with E-state index in [-0.39, 0.29) is 30.5 Å². The molecule has 1 aliphatic heterocycles. The molecule has 3 aromatic carbocycles. The molecule has 0 aromatic heterocycles. The number of rotatable bonds is 9. The average Bonchev–Trinajstić information content (AvgIpc) is 2.97. The Labute approximate surface area is 245 Å². The first kappa shape index (κ1) is 31.9. The monoisotopic (exact) mass is 607 g/mol. The van der Waals surface area contributed by atoms with Crippen LogP contribution in [0, 0.1) is 5.92 Å². The van der Waals surface area contributed by atoms with Crippen LogP contribution in [-0.4, -0.2) is 45.2 Å². The van der Waals surface area contributed by atoms with Gasteiger partial charge < -0.3 is 20.3 Å². The van der Waals surface area contributed by atoms with Crippen molar-refractivity contribution in [2.45, 2.75) is 31.6 Å². The first-order valence-corrected chi connectivity index (χ1v) is 13.7. The third-order valence-corrected chi connectivity index (χ3v) is 7.26. The Morgan fingerprint density at radius 3 is 2.07 bits per heavy atom. The molecule has 0 unspecified atom stereocenters. The van der Waals surface area contributed by atoms with Crippen molar-refractivity contribution < 1.29 is 40.7 Å². The van der Waals surface area contributed by atoms with Gasteiger partial charge in [0.05, 0.1) is 23.3 Å². The molecule has 0 radical (unpaired) electrons. The van der Waals surface area contributed by atoms with E-state index in [0.717, 1.165) is 19.3 Å². The van der Waals surface area contributed by atoms with E-state index in [1.165, 1.54) is 24.8 Å². The van der Waals surface area contributed by atoms with Gasteiger partial charge in [-0.2, -0.15) is 26.3 Å². The molecule has 3 aromatic rings. The molecule has 0 aliphatic carbocycles. The van der Waals surface area contributed by atoms with Gasteiger partial charge in [0.15, 0.2) is 0 Å². The van der Waals surface area contributed by atoms with Crippen molar-refractivity contribution in [3.8, 4) is 0 Å². The first-order chi connectivity index (χ1) is 20.3. The maximum atomic E-state index is 13.3. The number of amides is 2. The number of anilines is 2. The summed E-state index contributed by atoms with van der Waals surface area (Å²) in [5.74, 6) is -1.19. The summed E-state index contributed by atoms with van der Waals surface area (Å²) in [6.45, 7) is 1.80. The summed E-state index contributed by atoms with van der Waals surface area (Å²) in [5, 5.41) is 5.07. The highest BCUT2D eigenvalue weighted by atomic mass is 19.4. The van der Waals surface area contributed by atoms with Crippen LogP contribution in [0.15, 0.2) is 66.7 Å². The quantitative estimate of drug-likeness (QED) is 0.207. The van der Waals surface area contributed by atoms with Gasteiger partial charge >= 0.3 is 12.4 Å². The Morgan fingerprint density at radius 2 is 1.49 bits per heavy atom. The predicted octanol–water partition coefficient (Wildman–Crippen LogP) is 6.81. The number of nitrogens with zero attached hydrogens (tertiary/aromatic N) is 1. The van der Waals surface area contributed by atoms with E-state index in [1.807, 2.05) is 18.2 Å². The van der Waals surface area contributed by atoms with Crippen molar-refractivity contribution in [1.29, 1.82) is 0 Å². The largest absolute Gasteiger partial charge is 0.416 e. The molecule has 1 aliphatic rings. The van der Waals surface area contributed by atoms with E-state index in [9.17, 15) is 35.9 Å². The molecule has 2 N–H and O–H groups in total. The van der Waals surface area contributed by atoms with E-state index >= 15 is 0 Å². The molecule has 0 saturated carbocycles. The summed E-state index contributed by atoms with van der Waals surface area (Å²) in [6.07, 6.45) is -7.49. The number of halogens is 6. The summed E-state index contributed by atoms with van der Waals surface area (Å²) in [6, 6.07) is 15.3. The maximum absolute atomic E-state index is 13.3. The van der Waals surface area contributed by atoms with Gasteiger partial charge in [-0.05, 0) is 67.1 Å². The van der Waals surface area contributed by atoms with Gasteiger partial charge in [-0.1, -0.05) is 30.3 Å². The van der Waals surface area contributed by atoms with E-state index in [2.05, 4.69) is 27.7 Å². The van der Waals surface area contributed by atoms with Crippen LogP contribution < -0.4 is 15.5 Å². The third-order valence-electron chi connectivity index (χ3n) is 7.26. The number of benzene rings is 3. The lowest BCUT2D eigenvalue weighted by molar-refractivity contribution is -0.143. The number of nitrogens with one attached hydrogen (secondary N) is 2. The number of hydrogen-bond donors (Lipinski definition) is 2. The van der Waals surface area contributed by atoms with Gasteiger partial charge in [-0.3, -0.25) is 9.59 Å². The molecule has 43 heavy (non-hydrogen) atoms. The summed E-state index contributed by atoms with van der Waals surface area (Å²) in [7, 11) is 1.48. The molecule has 1 heterocycles. The maximum Gasteiger partial charge on any atom is 0.416 e. The average molecular weight is 608 g/mol. The minimum atomic E-state index is -5.10. The normalized spacial score (nSPS) is 14.4. The Kier molecular flexibility index (Phi) is 10.0. The molecule has 0 spiro atoms. The molecule has 6 nitrogen and oxygen atoms in total. The minimum Gasteiger partial charge on any atom is -0.383 e. The number of carbonyl (C=O) groups excluding carboxylic acids is 2. The molecular weight excluding hydrogens is 576 g/mol. The minimum absolute atomic E-state index is 0.0376. The van der Waals surface area contributed by atoms with Crippen molar-refractivity contribution in [1.82, 2.24) is 5.32 Å². The molecule has 2 amide bonds.